The SMILES string of the molecule is N#C/C(=C1/SC=C(c2ccc(-c3ccccc3)cc2)N1c1ccccc1)c1nc2ccccc2[nH]1. The second-order valence-electron chi connectivity index (χ2n) is 8.13. The maximum atomic E-state index is 10.2. The zero-order chi connectivity index (χ0) is 23.6. The summed E-state index contributed by atoms with van der Waals surface area (Å²) in [7, 11) is 0. The van der Waals surface area contributed by atoms with Gasteiger partial charge in [0.15, 0.2) is 5.82 Å². The summed E-state index contributed by atoms with van der Waals surface area (Å²) >= 11 is 1.55. The molecule has 0 aliphatic carbocycles. The number of hydrogen-bond donors (Lipinski definition) is 1. The first kappa shape index (κ1) is 21.0. The minimum Gasteiger partial charge on any atom is -0.337 e. The zero-order valence-corrected chi connectivity index (χ0v) is 19.5. The predicted octanol–water partition coefficient (Wildman–Crippen LogP) is 7.67. The normalized spacial score (nSPS) is 14.6. The Morgan fingerprint density at radius 1 is 0.743 bits per heavy atom. The monoisotopic (exact) mass is 468 g/mol. The van der Waals surface area contributed by atoms with E-state index in [1.165, 1.54) is 11.1 Å². The Morgan fingerprint density at radius 3 is 2.09 bits per heavy atom. The van der Waals surface area contributed by atoms with Crippen molar-refractivity contribution >= 4 is 39.8 Å². The van der Waals surface area contributed by atoms with E-state index in [-0.39, 0.29) is 0 Å². The number of nitriles is 1. The van der Waals surface area contributed by atoms with Crippen molar-refractivity contribution in [2.75, 3.05) is 4.90 Å². The molecule has 6 rings (SSSR count). The molecule has 0 saturated carbocycles. The van der Waals surface area contributed by atoms with Crippen molar-refractivity contribution in [3.05, 3.63) is 131 Å². The number of rotatable bonds is 4. The Hall–Kier alpha value is -4.53. The van der Waals surface area contributed by atoms with E-state index in [9.17, 15) is 5.26 Å². The van der Waals surface area contributed by atoms with Crippen molar-refractivity contribution in [2.45, 2.75) is 0 Å². The number of nitrogens with zero attached hydrogens (tertiary/aromatic N) is 3. The van der Waals surface area contributed by atoms with Gasteiger partial charge in [-0.1, -0.05) is 96.7 Å². The average molecular weight is 469 g/mol. The van der Waals surface area contributed by atoms with Crippen molar-refractivity contribution in [2.24, 2.45) is 0 Å². The molecule has 5 aromatic rings. The zero-order valence-electron chi connectivity index (χ0n) is 18.7. The largest absolute Gasteiger partial charge is 0.337 e. The molecule has 1 N–H and O–H groups in total. The third-order valence-electron chi connectivity index (χ3n) is 5.98. The smallest absolute Gasteiger partial charge is 0.151 e. The van der Waals surface area contributed by atoms with E-state index in [0.29, 0.717) is 11.4 Å². The molecule has 35 heavy (non-hydrogen) atoms. The van der Waals surface area contributed by atoms with Gasteiger partial charge in [-0.2, -0.15) is 5.26 Å². The summed E-state index contributed by atoms with van der Waals surface area (Å²) in [6.07, 6.45) is 0. The maximum Gasteiger partial charge on any atom is 0.151 e. The van der Waals surface area contributed by atoms with E-state index in [2.05, 4.69) is 82.0 Å². The second kappa shape index (κ2) is 9.02. The van der Waals surface area contributed by atoms with E-state index in [4.69, 9.17) is 4.98 Å². The van der Waals surface area contributed by atoms with Crippen LogP contribution in [0.4, 0.5) is 5.69 Å². The minimum absolute atomic E-state index is 0.516. The van der Waals surface area contributed by atoms with Crippen molar-refractivity contribution in [3.8, 4) is 17.2 Å². The molecule has 0 spiro atoms. The molecule has 4 aromatic carbocycles. The molecular weight excluding hydrogens is 448 g/mol. The molecule has 0 fully saturated rings. The Bertz CT molecular complexity index is 1580. The molecule has 5 heteroatoms. The van der Waals surface area contributed by atoms with Gasteiger partial charge in [-0.25, -0.2) is 4.98 Å². The van der Waals surface area contributed by atoms with Gasteiger partial charge in [0, 0.05) is 11.1 Å². The first-order valence-electron chi connectivity index (χ1n) is 11.3. The molecule has 0 bridgehead atoms. The summed E-state index contributed by atoms with van der Waals surface area (Å²) in [5.74, 6) is 0.575. The molecule has 0 amide bonds. The number of allylic oxidation sites excluding steroid dienone is 1. The molecule has 0 atom stereocenters. The number of hydrogen-bond acceptors (Lipinski definition) is 4. The van der Waals surface area contributed by atoms with Crippen molar-refractivity contribution in [3.63, 3.8) is 0 Å². The van der Waals surface area contributed by atoms with Crippen LogP contribution in [-0.4, -0.2) is 9.97 Å². The summed E-state index contributed by atoms with van der Waals surface area (Å²) in [5.41, 5.74) is 7.73. The number of H-pyrrole nitrogens is 1. The van der Waals surface area contributed by atoms with E-state index >= 15 is 0 Å². The number of fused-ring (bicyclic) bond motifs is 1. The molecule has 0 saturated heterocycles. The lowest BCUT2D eigenvalue weighted by atomic mass is 10.0. The predicted molar refractivity (Wildman–Crippen MR) is 145 cm³/mol. The molecule has 4 nitrogen and oxygen atoms in total. The first-order chi connectivity index (χ1) is 17.3. The lowest BCUT2D eigenvalue weighted by Gasteiger charge is -2.24. The number of aromatic nitrogens is 2. The maximum absolute atomic E-state index is 10.2. The van der Waals surface area contributed by atoms with Crippen LogP contribution in [-0.2, 0) is 0 Å². The Morgan fingerprint density at radius 2 is 1.37 bits per heavy atom. The van der Waals surface area contributed by atoms with Gasteiger partial charge in [0.1, 0.15) is 16.7 Å². The Balaban J connectivity index is 1.45. The molecule has 0 unspecified atom stereocenters. The summed E-state index contributed by atoms with van der Waals surface area (Å²) in [6.45, 7) is 0. The number of para-hydroxylation sites is 3. The summed E-state index contributed by atoms with van der Waals surface area (Å²) in [6, 6.07) is 39.3. The fourth-order valence-electron chi connectivity index (χ4n) is 4.27. The van der Waals surface area contributed by atoms with Crippen molar-refractivity contribution in [1.82, 2.24) is 9.97 Å². The third-order valence-corrected chi connectivity index (χ3v) is 6.93. The van der Waals surface area contributed by atoms with Crippen LogP contribution in [0.25, 0.3) is 33.4 Å². The summed E-state index contributed by atoms with van der Waals surface area (Å²) in [4.78, 5) is 10.2. The quantitative estimate of drug-likeness (QED) is 0.275. The number of imidazole rings is 1. The highest BCUT2D eigenvalue weighted by Crippen LogP contribution is 2.46. The van der Waals surface area contributed by atoms with E-state index < -0.39 is 0 Å². The van der Waals surface area contributed by atoms with E-state index in [1.54, 1.807) is 11.8 Å². The Labute approximate surface area is 207 Å². The van der Waals surface area contributed by atoms with Gasteiger partial charge in [-0.05, 0) is 41.0 Å². The van der Waals surface area contributed by atoms with Crippen LogP contribution in [0.2, 0.25) is 0 Å². The molecule has 0 radical (unpaired) electrons. The topological polar surface area (TPSA) is 55.7 Å². The lowest BCUT2D eigenvalue weighted by Crippen LogP contribution is -2.17. The van der Waals surface area contributed by atoms with Gasteiger partial charge in [0.2, 0.25) is 0 Å². The van der Waals surface area contributed by atoms with Gasteiger partial charge in [-0.3, -0.25) is 0 Å². The average Bonchev–Trinajstić information content (AvgIpc) is 3.55. The van der Waals surface area contributed by atoms with Gasteiger partial charge < -0.3 is 9.88 Å². The van der Waals surface area contributed by atoms with Crippen LogP contribution in [0.5, 0.6) is 0 Å². The fraction of sp³-hybridized carbons (Fsp3) is 0. The van der Waals surface area contributed by atoms with Crippen LogP contribution < -0.4 is 4.90 Å². The third kappa shape index (κ3) is 3.90. The standard InChI is InChI=1S/C30H20N4S/c31-19-25(29-32-26-13-7-8-14-27(26)33-29)30-34(24-11-5-2-6-12-24)28(20-35-30)23-17-15-22(16-18-23)21-9-3-1-4-10-21/h1-18,20H,(H,32,33)/b30-25-. The van der Waals surface area contributed by atoms with Crippen molar-refractivity contribution < 1.29 is 0 Å². The van der Waals surface area contributed by atoms with Crippen LogP contribution in [0.15, 0.2) is 120 Å². The highest BCUT2D eigenvalue weighted by atomic mass is 32.2. The minimum atomic E-state index is 0.516. The molecule has 2 heterocycles. The summed E-state index contributed by atoms with van der Waals surface area (Å²) in [5, 5.41) is 13.2. The second-order valence-corrected chi connectivity index (χ2v) is 8.99. The highest BCUT2D eigenvalue weighted by molar-refractivity contribution is 8.06. The molecule has 1 aliphatic heterocycles. The Kier molecular flexibility index (Phi) is 5.42. The summed E-state index contributed by atoms with van der Waals surface area (Å²) < 4.78 is 0. The highest BCUT2D eigenvalue weighted by Gasteiger charge is 2.29. The van der Waals surface area contributed by atoms with Gasteiger partial charge in [0.25, 0.3) is 0 Å². The van der Waals surface area contributed by atoms with Crippen LogP contribution in [0.3, 0.4) is 0 Å². The van der Waals surface area contributed by atoms with Crippen LogP contribution in [0.1, 0.15) is 11.4 Å². The van der Waals surface area contributed by atoms with Crippen LogP contribution in [0, 0.1) is 11.3 Å². The number of thioether (sulfide) groups is 1. The lowest BCUT2D eigenvalue weighted by molar-refractivity contribution is 1.23. The number of aromatic amines is 1. The van der Waals surface area contributed by atoms with Crippen molar-refractivity contribution in [1.29, 1.82) is 5.26 Å². The molecule has 1 aromatic heterocycles. The first-order valence-corrected chi connectivity index (χ1v) is 12.2. The number of anilines is 1. The molecule has 1 aliphatic rings. The fourth-order valence-corrected chi connectivity index (χ4v) is 5.30. The number of nitrogens with one attached hydrogen (secondary N) is 1. The van der Waals surface area contributed by atoms with Crippen LogP contribution >= 0.6 is 11.8 Å². The molecule has 166 valence electrons. The van der Waals surface area contributed by atoms with Gasteiger partial charge >= 0.3 is 0 Å². The van der Waals surface area contributed by atoms with E-state index in [1.807, 2.05) is 48.5 Å². The van der Waals surface area contributed by atoms with Gasteiger partial charge in [0.05, 0.1) is 16.7 Å². The van der Waals surface area contributed by atoms with Gasteiger partial charge in [-0.15, -0.1) is 0 Å². The number of benzene rings is 4. The molecular formula is C30H20N4S. The van der Waals surface area contributed by atoms with E-state index in [0.717, 1.165) is 33.0 Å².